The monoisotopic (exact) mass is 493 g/mol. The Morgan fingerprint density at radius 1 is 1.21 bits per heavy atom. The Morgan fingerprint density at radius 2 is 1.88 bits per heavy atom. The predicted molar refractivity (Wildman–Crippen MR) is 129 cm³/mol. The van der Waals surface area contributed by atoms with E-state index in [1.165, 1.54) is 28.1 Å². The number of nitrogens with two attached hydrogens (primary N) is 1. The molecular formula is C22H31N5O6S. The molecule has 1 fully saturated rings. The number of ether oxygens (including phenoxy) is 1. The van der Waals surface area contributed by atoms with Gasteiger partial charge in [0.25, 0.3) is 11.5 Å². The lowest BCUT2D eigenvalue weighted by atomic mass is 10.1. The van der Waals surface area contributed by atoms with Crippen molar-refractivity contribution in [3.8, 4) is 0 Å². The maximum atomic E-state index is 13.3. The first kappa shape index (κ1) is 25.7. The van der Waals surface area contributed by atoms with Gasteiger partial charge in [-0.15, -0.1) is 0 Å². The molecule has 12 heteroatoms. The summed E-state index contributed by atoms with van der Waals surface area (Å²) in [4.78, 5) is 41.4. The first-order valence-electron chi connectivity index (χ1n) is 11.2. The minimum Gasteiger partial charge on any atom is -0.383 e. The summed E-state index contributed by atoms with van der Waals surface area (Å²) < 4.78 is 34.4. The van der Waals surface area contributed by atoms with Crippen LogP contribution in [0.4, 0.5) is 11.5 Å². The molecule has 0 bridgehead atoms. The van der Waals surface area contributed by atoms with Crippen molar-refractivity contribution in [2.75, 3.05) is 44.0 Å². The van der Waals surface area contributed by atoms with Crippen LogP contribution >= 0.6 is 0 Å². The van der Waals surface area contributed by atoms with Crippen LogP contribution in [-0.2, 0) is 27.7 Å². The van der Waals surface area contributed by atoms with E-state index in [2.05, 4.69) is 4.98 Å². The number of unbranched alkanes of at least 4 members (excludes halogenated alkanes) is 1. The number of nitrogens with zero attached hydrogens (tertiary/aromatic N) is 3. The van der Waals surface area contributed by atoms with E-state index in [-0.39, 0.29) is 35.1 Å². The molecular weight excluding hydrogens is 462 g/mol. The lowest BCUT2D eigenvalue weighted by Crippen LogP contribution is -2.41. The lowest BCUT2D eigenvalue weighted by molar-refractivity contribution is 0.0730. The van der Waals surface area contributed by atoms with Crippen molar-refractivity contribution < 1.29 is 17.9 Å². The van der Waals surface area contributed by atoms with Crippen molar-refractivity contribution in [2.45, 2.75) is 44.6 Å². The SMILES string of the molecule is CCCCn1c(N)c(N(C)C(=O)c2ccc(CC)c(S(=O)(=O)N3CCOCC3)c2)c(=O)[nH]c1=O. The smallest absolute Gasteiger partial charge is 0.330 e. The summed E-state index contributed by atoms with van der Waals surface area (Å²) in [7, 11) is -2.48. The number of aromatic nitrogens is 2. The Bertz CT molecular complexity index is 1280. The average Bonchev–Trinajstić information content (AvgIpc) is 2.83. The number of carbonyl (C=O) groups is 1. The number of carbonyl (C=O) groups excluding carboxylic acids is 1. The van der Waals surface area contributed by atoms with Gasteiger partial charge >= 0.3 is 5.69 Å². The summed E-state index contributed by atoms with van der Waals surface area (Å²) in [5, 5.41) is 0. The van der Waals surface area contributed by atoms with Crippen LogP contribution in [0.3, 0.4) is 0 Å². The number of hydrogen-bond acceptors (Lipinski definition) is 7. The van der Waals surface area contributed by atoms with Crippen LogP contribution in [0.1, 0.15) is 42.6 Å². The molecule has 0 radical (unpaired) electrons. The fourth-order valence-corrected chi connectivity index (χ4v) is 5.61. The number of nitrogen functional groups attached to an aromatic ring is 1. The van der Waals surface area contributed by atoms with E-state index >= 15 is 0 Å². The van der Waals surface area contributed by atoms with Crippen molar-refractivity contribution in [3.63, 3.8) is 0 Å². The van der Waals surface area contributed by atoms with Crippen LogP contribution in [-0.4, -0.2) is 61.5 Å². The van der Waals surface area contributed by atoms with E-state index in [0.717, 1.165) is 11.3 Å². The second kappa shape index (κ2) is 10.5. The van der Waals surface area contributed by atoms with E-state index in [1.807, 2.05) is 13.8 Å². The Labute approximate surface area is 198 Å². The van der Waals surface area contributed by atoms with Gasteiger partial charge in [-0.2, -0.15) is 4.31 Å². The van der Waals surface area contributed by atoms with Gasteiger partial charge in [0.2, 0.25) is 10.0 Å². The second-order valence-corrected chi connectivity index (χ2v) is 9.96. The van der Waals surface area contributed by atoms with E-state index in [4.69, 9.17) is 10.5 Å². The first-order chi connectivity index (χ1) is 16.1. The van der Waals surface area contributed by atoms with E-state index in [1.54, 1.807) is 6.07 Å². The third-order valence-corrected chi connectivity index (χ3v) is 7.85. The minimum atomic E-state index is -3.85. The molecule has 0 saturated carbocycles. The molecule has 1 aliphatic rings. The zero-order valence-electron chi connectivity index (χ0n) is 19.7. The van der Waals surface area contributed by atoms with Gasteiger partial charge < -0.3 is 15.4 Å². The predicted octanol–water partition coefficient (Wildman–Crippen LogP) is 0.779. The summed E-state index contributed by atoms with van der Waals surface area (Å²) in [6, 6.07) is 4.46. The molecule has 0 atom stereocenters. The number of aryl methyl sites for hydroxylation is 1. The lowest BCUT2D eigenvalue weighted by Gasteiger charge is -2.27. The molecule has 3 rings (SSSR count). The zero-order chi connectivity index (χ0) is 25.0. The number of amides is 1. The van der Waals surface area contributed by atoms with Crippen molar-refractivity contribution >= 4 is 27.4 Å². The fraction of sp³-hybridized carbons (Fsp3) is 0.500. The van der Waals surface area contributed by atoms with Gasteiger partial charge in [-0.3, -0.25) is 19.1 Å². The highest BCUT2D eigenvalue weighted by molar-refractivity contribution is 7.89. The molecule has 2 aromatic rings. The summed E-state index contributed by atoms with van der Waals surface area (Å²) in [5.74, 6) is -0.747. The Hall–Kier alpha value is -2.96. The van der Waals surface area contributed by atoms with Crippen molar-refractivity contribution in [1.82, 2.24) is 13.9 Å². The molecule has 1 aliphatic heterocycles. The van der Waals surface area contributed by atoms with Gasteiger partial charge in [0, 0.05) is 32.2 Å². The Kier molecular flexibility index (Phi) is 7.95. The van der Waals surface area contributed by atoms with Crippen molar-refractivity contribution in [3.05, 3.63) is 50.2 Å². The third-order valence-electron chi connectivity index (χ3n) is 5.87. The van der Waals surface area contributed by atoms with E-state index < -0.39 is 27.2 Å². The molecule has 34 heavy (non-hydrogen) atoms. The van der Waals surface area contributed by atoms with Crippen LogP contribution in [0.25, 0.3) is 0 Å². The number of hydrogen-bond donors (Lipinski definition) is 2. The molecule has 0 aliphatic carbocycles. The average molecular weight is 494 g/mol. The number of morpholine rings is 1. The summed E-state index contributed by atoms with van der Waals surface area (Å²) in [6.07, 6.45) is 1.92. The number of rotatable bonds is 8. The summed E-state index contributed by atoms with van der Waals surface area (Å²) in [5.41, 5.74) is 5.17. The Morgan fingerprint density at radius 3 is 2.50 bits per heavy atom. The zero-order valence-corrected chi connectivity index (χ0v) is 20.5. The van der Waals surface area contributed by atoms with Gasteiger partial charge in [-0.1, -0.05) is 26.3 Å². The van der Waals surface area contributed by atoms with Gasteiger partial charge in [0.1, 0.15) is 5.82 Å². The quantitative estimate of drug-likeness (QED) is 0.552. The topological polar surface area (TPSA) is 148 Å². The summed E-state index contributed by atoms with van der Waals surface area (Å²) >= 11 is 0. The molecule has 0 unspecified atom stereocenters. The Balaban J connectivity index is 2.03. The number of benzene rings is 1. The molecule has 0 spiro atoms. The molecule has 1 amide bonds. The van der Waals surface area contributed by atoms with E-state index in [9.17, 15) is 22.8 Å². The molecule has 11 nitrogen and oxygen atoms in total. The van der Waals surface area contributed by atoms with Crippen molar-refractivity contribution in [1.29, 1.82) is 0 Å². The molecule has 2 heterocycles. The number of H-pyrrole nitrogens is 1. The van der Waals surface area contributed by atoms with Crippen LogP contribution in [0.15, 0.2) is 32.7 Å². The number of aromatic amines is 1. The number of sulfonamides is 1. The maximum absolute atomic E-state index is 13.3. The van der Waals surface area contributed by atoms with Crippen LogP contribution in [0, 0.1) is 0 Å². The molecule has 3 N–H and O–H groups in total. The van der Waals surface area contributed by atoms with Gasteiger partial charge in [-0.05, 0) is 30.5 Å². The summed E-state index contributed by atoms with van der Waals surface area (Å²) in [6.45, 7) is 5.15. The first-order valence-corrected chi connectivity index (χ1v) is 12.7. The number of anilines is 2. The highest BCUT2D eigenvalue weighted by Gasteiger charge is 2.30. The van der Waals surface area contributed by atoms with Gasteiger partial charge in [0.15, 0.2) is 5.69 Å². The highest BCUT2D eigenvalue weighted by Crippen LogP contribution is 2.25. The second-order valence-electron chi connectivity index (χ2n) is 8.05. The largest absolute Gasteiger partial charge is 0.383 e. The van der Waals surface area contributed by atoms with Crippen molar-refractivity contribution in [2.24, 2.45) is 0 Å². The van der Waals surface area contributed by atoms with Crippen LogP contribution in [0.2, 0.25) is 0 Å². The third kappa shape index (κ3) is 4.93. The minimum absolute atomic E-state index is 0.0472. The maximum Gasteiger partial charge on any atom is 0.330 e. The van der Waals surface area contributed by atoms with E-state index in [0.29, 0.717) is 38.2 Å². The highest BCUT2D eigenvalue weighted by atomic mass is 32.2. The molecule has 186 valence electrons. The molecule has 1 saturated heterocycles. The fourth-order valence-electron chi connectivity index (χ4n) is 3.88. The number of nitrogens with one attached hydrogen (secondary N) is 1. The normalized spacial score (nSPS) is 14.8. The molecule has 1 aromatic carbocycles. The van der Waals surface area contributed by atoms with Gasteiger partial charge in [-0.25, -0.2) is 13.2 Å². The molecule has 1 aromatic heterocycles. The van der Waals surface area contributed by atoms with Gasteiger partial charge in [0.05, 0.1) is 18.1 Å². The van der Waals surface area contributed by atoms with Crippen LogP contribution < -0.4 is 21.9 Å². The standard InChI is InChI=1S/C22H31N5O6S/c1-4-6-9-27-19(23)18(20(28)24-22(27)30)25(3)21(29)16-8-7-15(5-2)17(14-16)34(31,32)26-10-12-33-13-11-26/h7-8,14H,4-6,9-13,23H2,1-3H3,(H,24,28,30). The van der Waals surface area contributed by atoms with Crippen LogP contribution in [0.5, 0.6) is 0 Å².